The third kappa shape index (κ3) is 3.24. The number of rotatable bonds is 2. The van der Waals surface area contributed by atoms with Crippen LogP contribution in [0, 0.1) is 0 Å². The van der Waals surface area contributed by atoms with Gasteiger partial charge in [0.1, 0.15) is 17.3 Å². The first-order valence-electron chi connectivity index (χ1n) is 7.75. The van der Waals surface area contributed by atoms with E-state index in [0.29, 0.717) is 19.4 Å². The van der Waals surface area contributed by atoms with E-state index in [1.807, 2.05) is 24.3 Å². The van der Waals surface area contributed by atoms with E-state index in [2.05, 4.69) is 63.7 Å². The first kappa shape index (κ1) is 19.1. The molecule has 3 nitrogen and oxygen atoms in total. The highest BCUT2D eigenvalue weighted by molar-refractivity contribution is 9.11. The van der Waals surface area contributed by atoms with Gasteiger partial charge in [0.25, 0.3) is 0 Å². The lowest BCUT2D eigenvalue weighted by Crippen LogP contribution is -1.89. The van der Waals surface area contributed by atoms with Gasteiger partial charge in [0.05, 0.1) is 8.95 Å². The molecule has 0 aliphatic rings. The molecule has 0 aliphatic heterocycles. The molecular formula is C20H10Br4O3. The number of halogens is 4. The monoisotopic (exact) mass is 614 g/mol. The molecule has 0 unspecified atom stereocenters. The zero-order valence-corrected chi connectivity index (χ0v) is 19.8. The quantitative estimate of drug-likeness (QED) is 0.238. The predicted octanol–water partition coefficient (Wildman–Crippen LogP) is 8.23. The van der Waals surface area contributed by atoms with Crippen LogP contribution >= 0.6 is 63.7 Å². The van der Waals surface area contributed by atoms with Crippen LogP contribution in [0.5, 0.6) is 11.5 Å². The van der Waals surface area contributed by atoms with Gasteiger partial charge in [0.2, 0.25) is 0 Å². The lowest BCUT2D eigenvalue weighted by molar-refractivity contribution is 0.469. The van der Waals surface area contributed by atoms with Crippen LogP contribution in [-0.2, 0) is 0 Å². The second-order valence-electron chi connectivity index (χ2n) is 5.86. The van der Waals surface area contributed by atoms with Crippen LogP contribution in [0.15, 0.2) is 71.0 Å². The fourth-order valence-electron chi connectivity index (χ4n) is 3.01. The molecule has 0 atom stereocenters. The van der Waals surface area contributed by atoms with Gasteiger partial charge in [0, 0.05) is 26.4 Å². The molecule has 136 valence electrons. The van der Waals surface area contributed by atoms with Crippen LogP contribution in [-0.4, -0.2) is 10.2 Å². The van der Waals surface area contributed by atoms with Gasteiger partial charge < -0.3 is 14.6 Å². The van der Waals surface area contributed by atoms with Gasteiger partial charge in [-0.05, 0) is 93.5 Å². The molecule has 0 saturated carbocycles. The van der Waals surface area contributed by atoms with Gasteiger partial charge in [-0.25, -0.2) is 0 Å². The minimum Gasteiger partial charge on any atom is -0.508 e. The molecule has 3 aromatic carbocycles. The van der Waals surface area contributed by atoms with Crippen LogP contribution < -0.4 is 0 Å². The Hall–Kier alpha value is -1.28. The summed E-state index contributed by atoms with van der Waals surface area (Å²) >= 11 is 14.0. The molecule has 4 rings (SSSR count). The van der Waals surface area contributed by atoms with Crippen molar-refractivity contribution in [3.8, 4) is 33.9 Å². The van der Waals surface area contributed by atoms with Gasteiger partial charge >= 0.3 is 0 Å². The van der Waals surface area contributed by atoms with Gasteiger partial charge in [-0.1, -0.05) is 24.3 Å². The molecule has 0 saturated heterocycles. The van der Waals surface area contributed by atoms with Crippen molar-refractivity contribution in [3.63, 3.8) is 0 Å². The van der Waals surface area contributed by atoms with Crippen LogP contribution in [0.2, 0.25) is 0 Å². The number of furan rings is 1. The maximum absolute atomic E-state index is 10.4. The number of phenols is 2. The Morgan fingerprint density at radius 1 is 0.815 bits per heavy atom. The fraction of sp³-hybridized carbons (Fsp3) is 0. The van der Waals surface area contributed by atoms with E-state index in [0.717, 1.165) is 31.9 Å². The minimum absolute atomic E-state index is 0.0953. The summed E-state index contributed by atoms with van der Waals surface area (Å²) in [6.07, 6.45) is 0. The number of hydrogen-bond acceptors (Lipinski definition) is 3. The van der Waals surface area contributed by atoms with Crippen molar-refractivity contribution in [1.29, 1.82) is 0 Å². The molecule has 0 spiro atoms. The van der Waals surface area contributed by atoms with Gasteiger partial charge in [-0.3, -0.25) is 0 Å². The predicted molar refractivity (Wildman–Crippen MR) is 121 cm³/mol. The molecule has 0 amide bonds. The van der Waals surface area contributed by atoms with E-state index in [1.54, 1.807) is 24.3 Å². The standard InChI is InChI=1S/C20H10Br4O3/c21-13-3-1-2-11-16(13)20(24)27-19(11)12-8-14(22)18(26)17(23)15(12)9-4-6-10(25)7-5-9/h1-8,25-26H. The molecule has 0 bridgehead atoms. The van der Waals surface area contributed by atoms with Crippen molar-refractivity contribution < 1.29 is 14.6 Å². The van der Waals surface area contributed by atoms with Gasteiger partial charge in [-0.15, -0.1) is 0 Å². The number of aromatic hydroxyl groups is 2. The van der Waals surface area contributed by atoms with Gasteiger partial charge in [-0.2, -0.15) is 0 Å². The molecule has 0 fully saturated rings. The zero-order valence-electron chi connectivity index (χ0n) is 13.4. The number of benzene rings is 3. The number of phenolic OH excluding ortho intramolecular Hbond substituents is 2. The molecular weight excluding hydrogens is 608 g/mol. The molecule has 4 aromatic rings. The van der Waals surface area contributed by atoms with E-state index >= 15 is 0 Å². The van der Waals surface area contributed by atoms with Crippen molar-refractivity contribution in [1.82, 2.24) is 0 Å². The Labute approximate surface area is 188 Å². The van der Waals surface area contributed by atoms with E-state index in [9.17, 15) is 10.2 Å². The summed E-state index contributed by atoms with van der Waals surface area (Å²) in [5.74, 6) is 0.938. The van der Waals surface area contributed by atoms with Crippen LogP contribution in [0.25, 0.3) is 33.2 Å². The average molecular weight is 618 g/mol. The maximum Gasteiger partial charge on any atom is 0.178 e. The number of fused-ring (bicyclic) bond motifs is 1. The fourth-order valence-corrected chi connectivity index (χ4v) is 5.76. The summed E-state index contributed by atoms with van der Waals surface area (Å²) in [4.78, 5) is 0. The second kappa shape index (κ2) is 7.28. The maximum atomic E-state index is 10.4. The Morgan fingerprint density at radius 2 is 1.52 bits per heavy atom. The highest BCUT2D eigenvalue weighted by Crippen LogP contribution is 2.49. The first-order chi connectivity index (χ1) is 12.9. The summed E-state index contributed by atoms with van der Waals surface area (Å²) in [7, 11) is 0. The summed E-state index contributed by atoms with van der Waals surface area (Å²) in [5, 5.41) is 21.9. The summed E-state index contributed by atoms with van der Waals surface area (Å²) in [6, 6.07) is 14.5. The Kier molecular flexibility index (Phi) is 5.14. The smallest absolute Gasteiger partial charge is 0.178 e. The van der Waals surface area contributed by atoms with Gasteiger partial charge in [0.15, 0.2) is 4.67 Å². The third-order valence-corrected chi connectivity index (χ3v) is 6.84. The topological polar surface area (TPSA) is 53.6 Å². The van der Waals surface area contributed by atoms with E-state index in [4.69, 9.17) is 4.42 Å². The summed E-state index contributed by atoms with van der Waals surface area (Å²) in [5.41, 5.74) is 2.39. The second-order valence-corrected chi connectivity index (χ2v) is 9.08. The molecule has 1 heterocycles. The highest BCUT2D eigenvalue weighted by Gasteiger charge is 2.23. The van der Waals surface area contributed by atoms with Crippen LogP contribution in [0.3, 0.4) is 0 Å². The van der Waals surface area contributed by atoms with E-state index in [-0.39, 0.29) is 11.5 Å². The molecule has 27 heavy (non-hydrogen) atoms. The highest BCUT2D eigenvalue weighted by atomic mass is 79.9. The van der Waals surface area contributed by atoms with E-state index < -0.39 is 0 Å². The lowest BCUT2D eigenvalue weighted by atomic mass is 9.96. The molecule has 1 aromatic heterocycles. The molecule has 7 heteroatoms. The SMILES string of the molecule is Oc1ccc(-c2c(-c3oc(Br)c4c(Br)cccc34)cc(Br)c(O)c2Br)cc1. The molecule has 0 radical (unpaired) electrons. The average Bonchev–Trinajstić information content (AvgIpc) is 2.98. The third-order valence-electron chi connectivity index (χ3n) is 4.24. The summed E-state index contributed by atoms with van der Waals surface area (Å²) in [6.45, 7) is 0. The van der Waals surface area contributed by atoms with Crippen molar-refractivity contribution in [2.75, 3.05) is 0 Å². The van der Waals surface area contributed by atoms with Crippen molar-refractivity contribution >= 4 is 74.5 Å². The minimum atomic E-state index is 0.0953. The lowest BCUT2D eigenvalue weighted by Gasteiger charge is -2.14. The van der Waals surface area contributed by atoms with E-state index in [1.165, 1.54) is 0 Å². The zero-order chi connectivity index (χ0) is 19.3. The molecule has 2 N–H and O–H groups in total. The van der Waals surface area contributed by atoms with Crippen LogP contribution in [0.1, 0.15) is 0 Å². The summed E-state index contributed by atoms with van der Waals surface area (Å²) < 4.78 is 8.70. The molecule has 0 aliphatic carbocycles. The largest absolute Gasteiger partial charge is 0.508 e. The van der Waals surface area contributed by atoms with Crippen LogP contribution in [0.4, 0.5) is 0 Å². The van der Waals surface area contributed by atoms with Crippen molar-refractivity contribution in [2.45, 2.75) is 0 Å². The van der Waals surface area contributed by atoms with Crippen molar-refractivity contribution in [2.24, 2.45) is 0 Å². The number of hydrogen-bond donors (Lipinski definition) is 2. The Bertz CT molecular complexity index is 1180. The van der Waals surface area contributed by atoms with Crippen molar-refractivity contribution in [3.05, 3.63) is 66.6 Å². The Balaban J connectivity index is 2.10. The normalized spacial score (nSPS) is 11.3. The first-order valence-corrected chi connectivity index (χ1v) is 10.9. The Morgan fingerprint density at radius 3 is 2.22 bits per heavy atom.